The van der Waals surface area contributed by atoms with E-state index in [2.05, 4.69) is 21.8 Å². The third-order valence-electron chi connectivity index (χ3n) is 2.94. The van der Waals surface area contributed by atoms with Crippen molar-refractivity contribution in [3.63, 3.8) is 0 Å². The predicted molar refractivity (Wildman–Crippen MR) is 53.8 cm³/mol. The van der Waals surface area contributed by atoms with Gasteiger partial charge in [0.25, 0.3) is 0 Å². The fraction of sp³-hybridized carbons (Fsp3) is 0.700. The van der Waals surface area contributed by atoms with Gasteiger partial charge in [-0.15, -0.1) is 0 Å². The summed E-state index contributed by atoms with van der Waals surface area (Å²) in [5.41, 5.74) is 1.20. The van der Waals surface area contributed by atoms with E-state index in [0.717, 1.165) is 25.9 Å². The number of nitrogens with one attached hydrogen (secondary N) is 1. The summed E-state index contributed by atoms with van der Waals surface area (Å²) in [5, 5.41) is 12.5. The molecule has 2 N–H and O–H groups in total. The van der Waals surface area contributed by atoms with Crippen LogP contribution in [-0.4, -0.2) is 26.8 Å². The predicted octanol–water partition coefficient (Wildman–Crippen LogP) is 0.517. The van der Waals surface area contributed by atoms with Gasteiger partial charge in [0.05, 0.1) is 18.6 Å². The molecule has 4 nitrogen and oxygen atoms in total. The van der Waals surface area contributed by atoms with Crippen molar-refractivity contribution in [3.05, 3.63) is 18.2 Å². The Balaban J connectivity index is 1.91. The second kappa shape index (κ2) is 3.71. The van der Waals surface area contributed by atoms with E-state index in [4.69, 9.17) is 5.11 Å². The molecule has 0 amide bonds. The Kier molecular flexibility index (Phi) is 2.56. The SMILES string of the molecule is CCn1cncc1CNC1(CO)CC1. The van der Waals surface area contributed by atoms with Crippen LogP contribution in [0.25, 0.3) is 0 Å². The zero-order valence-electron chi connectivity index (χ0n) is 8.53. The standard InChI is InChI=1S/C10H17N3O/c1-2-13-8-11-5-9(13)6-12-10(7-14)3-4-10/h5,8,12,14H,2-4,6-7H2,1H3. The molecule has 1 saturated carbocycles. The quantitative estimate of drug-likeness (QED) is 0.720. The Hall–Kier alpha value is -0.870. The van der Waals surface area contributed by atoms with Gasteiger partial charge >= 0.3 is 0 Å². The van der Waals surface area contributed by atoms with Gasteiger partial charge in [-0.05, 0) is 19.8 Å². The first-order valence-corrected chi connectivity index (χ1v) is 5.14. The number of aliphatic hydroxyl groups is 1. The number of aromatic nitrogens is 2. The van der Waals surface area contributed by atoms with Crippen LogP contribution in [0.4, 0.5) is 0 Å². The molecule has 0 aromatic carbocycles. The first kappa shape index (κ1) is 9.68. The molecular weight excluding hydrogens is 178 g/mol. The van der Waals surface area contributed by atoms with E-state index in [1.807, 2.05) is 12.5 Å². The van der Waals surface area contributed by atoms with Crippen molar-refractivity contribution in [1.29, 1.82) is 0 Å². The van der Waals surface area contributed by atoms with Crippen molar-refractivity contribution < 1.29 is 5.11 Å². The Morgan fingerprint density at radius 1 is 1.64 bits per heavy atom. The zero-order chi connectivity index (χ0) is 10.0. The van der Waals surface area contributed by atoms with Crippen molar-refractivity contribution >= 4 is 0 Å². The van der Waals surface area contributed by atoms with E-state index in [9.17, 15) is 0 Å². The van der Waals surface area contributed by atoms with Gasteiger partial charge in [0, 0.05) is 24.8 Å². The molecule has 1 aliphatic carbocycles. The highest BCUT2D eigenvalue weighted by Gasteiger charge is 2.41. The summed E-state index contributed by atoms with van der Waals surface area (Å²) in [6.45, 7) is 4.09. The molecule has 0 saturated heterocycles. The van der Waals surface area contributed by atoms with E-state index in [1.54, 1.807) is 0 Å². The van der Waals surface area contributed by atoms with Crippen molar-refractivity contribution in [2.75, 3.05) is 6.61 Å². The van der Waals surface area contributed by atoms with Gasteiger partial charge < -0.3 is 15.0 Å². The number of aryl methyl sites for hydroxylation is 1. The number of aliphatic hydroxyl groups excluding tert-OH is 1. The van der Waals surface area contributed by atoms with Crippen LogP contribution in [0.5, 0.6) is 0 Å². The first-order valence-electron chi connectivity index (χ1n) is 5.14. The van der Waals surface area contributed by atoms with Gasteiger partial charge in [-0.25, -0.2) is 4.98 Å². The number of nitrogens with zero attached hydrogens (tertiary/aromatic N) is 2. The number of imidazole rings is 1. The van der Waals surface area contributed by atoms with Crippen LogP contribution < -0.4 is 5.32 Å². The molecule has 0 atom stereocenters. The summed E-state index contributed by atoms with van der Waals surface area (Å²) in [6, 6.07) is 0. The average molecular weight is 195 g/mol. The van der Waals surface area contributed by atoms with Crippen LogP contribution >= 0.6 is 0 Å². The van der Waals surface area contributed by atoms with Gasteiger partial charge in [0.15, 0.2) is 0 Å². The number of rotatable bonds is 5. The van der Waals surface area contributed by atoms with Crippen molar-refractivity contribution in [3.8, 4) is 0 Å². The summed E-state index contributed by atoms with van der Waals surface area (Å²) in [6.07, 6.45) is 5.90. The van der Waals surface area contributed by atoms with Crippen LogP contribution in [0.15, 0.2) is 12.5 Å². The largest absolute Gasteiger partial charge is 0.394 e. The minimum atomic E-state index is 0.0167. The summed E-state index contributed by atoms with van der Waals surface area (Å²) in [4.78, 5) is 4.10. The maximum atomic E-state index is 9.13. The molecule has 1 aromatic heterocycles. The lowest BCUT2D eigenvalue weighted by Gasteiger charge is -2.14. The minimum Gasteiger partial charge on any atom is -0.394 e. The van der Waals surface area contributed by atoms with Crippen LogP contribution in [-0.2, 0) is 13.1 Å². The Bertz CT molecular complexity index is 304. The van der Waals surface area contributed by atoms with Crippen molar-refractivity contribution in [2.45, 2.75) is 38.4 Å². The molecule has 0 aliphatic heterocycles. The molecule has 1 heterocycles. The average Bonchev–Trinajstić information content (AvgIpc) is 2.86. The van der Waals surface area contributed by atoms with Crippen LogP contribution in [0.2, 0.25) is 0 Å². The molecule has 14 heavy (non-hydrogen) atoms. The highest BCUT2D eigenvalue weighted by molar-refractivity contribution is 5.05. The van der Waals surface area contributed by atoms with Gasteiger partial charge in [-0.1, -0.05) is 0 Å². The molecule has 1 aliphatic rings. The third-order valence-corrected chi connectivity index (χ3v) is 2.94. The molecule has 0 bridgehead atoms. The van der Waals surface area contributed by atoms with Crippen LogP contribution in [0.1, 0.15) is 25.5 Å². The normalized spacial score (nSPS) is 18.4. The summed E-state index contributed by atoms with van der Waals surface area (Å²) in [7, 11) is 0. The van der Waals surface area contributed by atoms with Crippen LogP contribution in [0, 0.1) is 0 Å². The highest BCUT2D eigenvalue weighted by Crippen LogP contribution is 2.34. The first-order chi connectivity index (χ1) is 6.79. The van der Waals surface area contributed by atoms with E-state index < -0.39 is 0 Å². The third kappa shape index (κ3) is 1.81. The number of hydrogen-bond donors (Lipinski definition) is 2. The molecule has 1 aromatic rings. The molecule has 0 radical (unpaired) electrons. The molecule has 0 spiro atoms. The lowest BCUT2D eigenvalue weighted by Crippen LogP contribution is -2.34. The summed E-state index contributed by atoms with van der Waals surface area (Å²) < 4.78 is 2.11. The molecular formula is C10H17N3O. The lowest BCUT2D eigenvalue weighted by molar-refractivity contribution is 0.229. The Labute approximate surface area is 84.0 Å². The molecule has 0 unspecified atom stereocenters. The molecule has 1 fully saturated rings. The van der Waals surface area contributed by atoms with E-state index in [0.29, 0.717) is 0 Å². The second-order valence-electron chi connectivity index (χ2n) is 3.96. The molecule has 78 valence electrons. The summed E-state index contributed by atoms with van der Waals surface area (Å²) in [5.74, 6) is 0. The van der Waals surface area contributed by atoms with E-state index in [1.165, 1.54) is 5.69 Å². The van der Waals surface area contributed by atoms with Gasteiger partial charge in [0.1, 0.15) is 0 Å². The fourth-order valence-corrected chi connectivity index (χ4v) is 1.60. The Morgan fingerprint density at radius 2 is 2.43 bits per heavy atom. The maximum absolute atomic E-state index is 9.13. The lowest BCUT2D eigenvalue weighted by atomic mass is 10.3. The van der Waals surface area contributed by atoms with E-state index in [-0.39, 0.29) is 12.1 Å². The topological polar surface area (TPSA) is 50.1 Å². The highest BCUT2D eigenvalue weighted by atomic mass is 16.3. The van der Waals surface area contributed by atoms with Gasteiger partial charge in [-0.3, -0.25) is 0 Å². The monoisotopic (exact) mass is 195 g/mol. The van der Waals surface area contributed by atoms with Crippen LogP contribution in [0.3, 0.4) is 0 Å². The smallest absolute Gasteiger partial charge is 0.0948 e. The second-order valence-corrected chi connectivity index (χ2v) is 3.96. The molecule has 4 heteroatoms. The van der Waals surface area contributed by atoms with Crippen molar-refractivity contribution in [2.24, 2.45) is 0 Å². The Morgan fingerprint density at radius 3 is 3.00 bits per heavy atom. The van der Waals surface area contributed by atoms with Gasteiger partial charge in [0.2, 0.25) is 0 Å². The van der Waals surface area contributed by atoms with Crippen molar-refractivity contribution in [1.82, 2.24) is 14.9 Å². The summed E-state index contributed by atoms with van der Waals surface area (Å²) >= 11 is 0. The zero-order valence-corrected chi connectivity index (χ0v) is 8.53. The molecule has 2 rings (SSSR count). The number of hydrogen-bond acceptors (Lipinski definition) is 3. The fourth-order valence-electron chi connectivity index (χ4n) is 1.60. The van der Waals surface area contributed by atoms with E-state index >= 15 is 0 Å². The maximum Gasteiger partial charge on any atom is 0.0948 e. The van der Waals surface area contributed by atoms with Gasteiger partial charge in [-0.2, -0.15) is 0 Å². The minimum absolute atomic E-state index is 0.0167.